The fraction of sp³-hybridized carbons (Fsp3) is 0.308. The van der Waals surface area contributed by atoms with Crippen molar-refractivity contribution in [1.29, 1.82) is 0 Å². The molecule has 3 N–H and O–H groups in total. The lowest BCUT2D eigenvalue weighted by Crippen LogP contribution is -1.94. The van der Waals surface area contributed by atoms with Crippen molar-refractivity contribution in [3.8, 4) is 0 Å². The first-order valence-corrected chi connectivity index (χ1v) is 6.65. The molecule has 0 spiro atoms. The Morgan fingerprint density at radius 3 is 2.59 bits per heavy atom. The molecular weight excluding hydrogens is 230 g/mol. The first-order chi connectivity index (χ1) is 8.19. The van der Waals surface area contributed by atoms with Gasteiger partial charge < -0.3 is 11.1 Å². The number of anilines is 3. The predicted molar refractivity (Wildman–Crippen MR) is 75.0 cm³/mol. The van der Waals surface area contributed by atoms with Crippen molar-refractivity contribution in [3.05, 3.63) is 35.2 Å². The molecule has 0 saturated heterocycles. The van der Waals surface area contributed by atoms with Crippen molar-refractivity contribution in [2.45, 2.75) is 26.2 Å². The molecule has 0 saturated carbocycles. The second-order valence-corrected chi connectivity index (χ2v) is 5.02. The molecule has 1 unspecified atom stereocenters. The van der Waals surface area contributed by atoms with Crippen molar-refractivity contribution in [3.63, 3.8) is 0 Å². The number of benzene rings is 1. The van der Waals surface area contributed by atoms with Crippen LogP contribution in [-0.2, 0) is 0 Å². The molecule has 1 aromatic heterocycles. The lowest BCUT2D eigenvalue weighted by molar-refractivity contribution is 0.734. The van der Waals surface area contributed by atoms with Gasteiger partial charge in [-0.1, -0.05) is 26.0 Å². The second-order valence-electron chi connectivity index (χ2n) is 4.13. The number of nitrogens with zero attached hydrogens (tertiary/aromatic N) is 1. The number of nitrogens with two attached hydrogens (primary N) is 1. The molecule has 0 bridgehead atoms. The summed E-state index contributed by atoms with van der Waals surface area (Å²) in [5.74, 6) is 1.42. The third-order valence-corrected chi connectivity index (χ3v) is 3.56. The van der Waals surface area contributed by atoms with Crippen LogP contribution < -0.4 is 11.1 Å². The van der Waals surface area contributed by atoms with Crippen LogP contribution in [0.5, 0.6) is 0 Å². The van der Waals surface area contributed by atoms with E-state index in [4.69, 9.17) is 5.73 Å². The Kier molecular flexibility index (Phi) is 3.64. The fourth-order valence-corrected chi connectivity index (χ4v) is 2.12. The molecule has 17 heavy (non-hydrogen) atoms. The van der Waals surface area contributed by atoms with Gasteiger partial charge in [-0.2, -0.15) is 0 Å². The highest BCUT2D eigenvalue weighted by atomic mass is 32.1. The molecule has 0 radical (unpaired) electrons. The summed E-state index contributed by atoms with van der Waals surface area (Å²) in [6, 6.07) is 8.48. The summed E-state index contributed by atoms with van der Waals surface area (Å²) < 4.78 is 0. The highest BCUT2D eigenvalue weighted by Crippen LogP contribution is 2.23. The van der Waals surface area contributed by atoms with Crippen LogP contribution in [0.1, 0.15) is 31.7 Å². The van der Waals surface area contributed by atoms with Gasteiger partial charge in [-0.25, -0.2) is 4.98 Å². The van der Waals surface area contributed by atoms with Gasteiger partial charge in [0.05, 0.1) is 0 Å². The zero-order valence-corrected chi connectivity index (χ0v) is 10.9. The van der Waals surface area contributed by atoms with E-state index in [2.05, 4.69) is 48.4 Å². The SMILES string of the molecule is CCC(C)c1ccc(Nc2csc(N)n2)cc1. The smallest absolute Gasteiger partial charge is 0.182 e. The third kappa shape index (κ3) is 2.97. The quantitative estimate of drug-likeness (QED) is 0.859. The Morgan fingerprint density at radius 2 is 2.06 bits per heavy atom. The maximum Gasteiger partial charge on any atom is 0.182 e. The van der Waals surface area contributed by atoms with E-state index in [0.717, 1.165) is 17.9 Å². The van der Waals surface area contributed by atoms with E-state index in [1.807, 2.05) is 5.38 Å². The van der Waals surface area contributed by atoms with Gasteiger partial charge >= 0.3 is 0 Å². The van der Waals surface area contributed by atoms with E-state index >= 15 is 0 Å². The van der Waals surface area contributed by atoms with Crippen LogP contribution in [0.3, 0.4) is 0 Å². The van der Waals surface area contributed by atoms with Gasteiger partial charge in [0.25, 0.3) is 0 Å². The zero-order chi connectivity index (χ0) is 12.3. The van der Waals surface area contributed by atoms with Crippen LogP contribution >= 0.6 is 11.3 Å². The van der Waals surface area contributed by atoms with Gasteiger partial charge in [0.15, 0.2) is 5.13 Å². The fourth-order valence-electron chi connectivity index (χ4n) is 1.62. The maximum atomic E-state index is 5.58. The molecule has 0 fully saturated rings. The van der Waals surface area contributed by atoms with Crippen molar-refractivity contribution in [1.82, 2.24) is 4.98 Å². The Morgan fingerprint density at radius 1 is 1.35 bits per heavy atom. The van der Waals surface area contributed by atoms with Crippen LogP contribution in [0.4, 0.5) is 16.6 Å². The molecule has 0 amide bonds. The van der Waals surface area contributed by atoms with E-state index in [-0.39, 0.29) is 0 Å². The minimum absolute atomic E-state index is 0.587. The Hall–Kier alpha value is -1.55. The van der Waals surface area contributed by atoms with Crippen LogP contribution in [0, 0.1) is 0 Å². The Bertz CT molecular complexity index is 476. The summed E-state index contributed by atoms with van der Waals surface area (Å²) >= 11 is 1.44. The summed E-state index contributed by atoms with van der Waals surface area (Å²) in [5.41, 5.74) is 8.00. The Balaban J connectivity index is 2.08. The van der Waals surface area contributed by atoms with Gasteiger partial charge in [0.2, 0.25) is 0 Å². The van der Waals surface area contributed by atoms with Gasteiger partial charge in [0, 0.05) is 11.1 Å². The molecule has 2 rings (SSSR count). The first kappa shape index (κ1) is 11.9. The summed E-state index contributed by atoms with van der Waals surface area (Å²) in [5, 5.41) is 5.73. The molecule has 1 aromatic carbocycles. The minimum Gasteiger partial charge on any atom is -0.375 e. The molecule has 0 aliphatic carbocycles. The standard InChI is InChI=1S/C13H17N3S/c1-3-9(2)10-4-6-11(7-5-10)15-12-8-17-13(14)16-12/h4-9,15H,3H2,1-2H3,(H2,14,16). The third-order valence-electron chi connectivity index (χ3n) is 2.89. The lowest BCUT2D eigenvalue weighted by atomic mass is 9.99. The van der Waals surface area contributed by atoms with E-state index in [0.29, 0.717) is 11.0 Å². The minimum atomic E-state index is 0.587. The van der Waals surface area contributed by atoms with E-state index in [1.165, 1.54) is 16.9 Å². The maximum absolute atomic E-state index is 5.58. The summed E-state index contributed by atoms with van der Waals surface area (Å²) in [4.78, 5) is 4.16. The molecular formula is C13H17N3S. The van der Waals surface area contributed by atoms with Crippen molar-refractivity contribution < 1.29 is 0 Å². The van der Waals surface area contributed by atoms with E-state index < -0.39 is 0 Å². The van der Waals surface area contributed by atoms with Crippen molar-refractivity contribution in [2.75, 3.05) is 11.1 Å². The molecule has 90 valence electrons. The molecule has 1 heterocycles. The Labute approximate surface area is 106 Å². The first-order valence-electron chi connectivity index (χ1n) is 5.77. The number of nitrogens with one attached hydrogen (secondary N) is 1. The number of hydrogen-bond acceptors (Lipinski definition) is 4. The zero-order valence-electron chi connectivity index (χ0n) is 10.1. The van der Waals surface area contributed by atoms with E-state index in [9.17, 15) is 0 Å². The molecule has 2 aromatic rings. The molecule has 4 heteroatoms. The van der Waals surface area contributed by atoms with Crippen LogP contribution in [0.2, 0.25) is 0 Å². The molecule has 1 atom stereocenters. The topological polar surface area (TPSA) is 50.9 Å². The number of rotatable bonds is 4. The van der Waals surface area contributed by atoms with Gasteiger partial charge in [-0.3, -0.25) is 0 Å². The summed E-state index contributed by atoms with van der Waals surface area (Å²) in [6.07, 6.45) is 1.16. The normalized spacial score (nSPS) is 12.4. The number of hydrogen-bond donors (Lipinski definition) is 2. The molecule has 3 nitrogen and oxygen atoms in total. The molecule has 0 aliphatic heterocycles. The predicted octanol–water partition coefficient (Wildman–Crippen LogP) is 3.98. The van der Waals surface area contributed by atoms with Crippen LogP contribution in [-0.4, -0.2) is 4.98 Å². The lowest BCUT2D eigenvalue weighted by Gasteiger charge is -2.10. The number of thiazole rings is 1. The number of nitrogen functional groups attached to an aromatic ring is 1. The van der Waals surface area contributed by atoms with Crippen molar-refractivity contribution in [2.24, 2.45) is 0 Å². The highest BCUT2D eigenvalue weighted by molar-refractivity contribution is 7.13. The average Bonchev–Trinajstić information content (AvgIpc) is 2.75. The van der Waals surface area contributed by atoms with Gasteiger partial charge in [-0.05, 0) is 30.0 Å². The van der Waals surface area contributed by atoms with E-state index in [1.54, 1.807) is 0 Å². The van der Waals surface area contributed by atoms with Crippen LogP contribution in [0.25, 0.3) is 0 Å². The number of aromatic nitrogens is 1. The average molecular weight is 247 g/mol. The summed E-state index contributed by atoms with van der Waals surface area (Å²) in [6.45, 7) is 4.44. The molecule has 0 aliphatic rings. The summed E-state index contributed by atoms with van der Waals surface area (Å²) in [7, 11) is 0. The van der Waals surface area contributed by atoms with Gasteiger partial charge in [0.1, 0.15) is 5.82 Å². The van der Waals surface area contributed by atoms with Crippen LogP contribution in [0.15, 0.2) is 29.6 Å². The second kappa shape index (κ2) is 5.19. The highest BCUT2D eigenvalue weighted by Gasteiger charge is 2.03. The van der Waals surface area contributed by atoms with Crippen molar-refractivity contribution >= 4 is 28.0 Å². The largest absolute Gasteiger partial charge is 0.375 e. The van der Waals surface area contributed by atoms with Gasteiger partial charge in [-0.15, -0.1) is 11.3 Å². The monoisotopic (exact) mass is 247 g/mol.